The molecule has 1 aromatic rings. The smallest absolute Gasteiger partial charge is 0.253 e. The summed E-state index contributed by atoms with van der Waals surface area (Å²) in [5.41, 5.74) is 0.732. The minimum Gasteiger partial charge on any atom is -0.356 e. The van der Waals surface area contributed by atoms with Crippen LogP contribution in [0.1, 0.15) is 49.4 Å². The number of amides is 2. The van der Waals surface area contributed by atoms with Gasteiger partial charge in [0, 0.05) is 36.0 Å². The summed E-state index contributed by atoms with van der Waals surface area (Å²) in [6, 6.07) is 7.74. The molecule has 0 aromatic heterocycles. The first-order valence-corrected chi connectivity index (χ1v) is 10.1. The molecule has 24 heavy (non-hydrogen) atoms. The van der Waals surface area contributed by atoms with Gasteiger partial charge in [0.15, 0.2) is 0 Å². The van der Waals surface area contributed by atoms with Gasteiger partial charge in [0.2, 0.25) is 5.91 Å². The van der Waals surface area contributed by atoms with Gasteiger partial charge in [0.25, 0.3) is 5.91 Å². The molecule has 0 atom stereocenters. The molecule has 0 aliphatic carbocycles. The second kappa shape index (κ2) is 9.72. The lowest BCUT2D eigenvalue weighted by Gasteiger charge is -2.31. The number of hydrogen-bond acceptors (Lipinski definition) is 3. The van der Waals surface area contributed by atoms with Crippen LogP contribution in [0, 0.1) is 5.92 Å². The number of unbranched alkanes of at least 4 members (excludes halogenated alkanes) is 2. The van der Waals surface area contributed by atoms with E-state index >= 15 is 0 Å². The van der Waals surface area contributed by atoms with E-state index in [1.54, 1.807) is 11.8 Å². The molecule has 1 heterocycles. The van der Waals surface area contributed by atoms with Gasteiger partial charge in [0.05, 0.1) is 0 Å². The Morgan fingerprint density at radius 1 is 1.17 bits per heavy atom. The van der Waals surface area contributed by atoms with E-state index in [0.29, 0.717) is 13.1 Å². The van der Waals surface area contributed by atoms with Gasteiger partial charge in [-0.25, -0.2) is 0 Å². The van der Waals surface area contributed by atoms with E-state index in [0.717, 1.165) is 49.1 Å². The lowest BCUT2D eigenvalue weighted by Crippen LogP contribution is -2.43. The summed E-state index contributed by atoms with van der Waals surface area (Å²) in [6.07, 6.45) is 6.90. The zero-order chi connectivity index (χ0) is 17.4. The van der Waals surface area contributed by atoms with Crippen LogP contribution in [0.25, 0.3) is 0 Å². The number of benzene rings is 1. The van der Waals surface area contributed by atoms with E-state index < -0.39 is 0 Å². The molecule has 1 aromatic carbocycles. The van der Waals surface area contributed by atoms with Crippen LogP contribution in [0.15, 0.2) is 29.2 Å². The van der Waals surface area contributed by atoms with Crippen molar-refractivity contribution in [3.63, 3.8) is 0 Å². The van der Waals surface area contributed by atoms with Crippen LogP contribution < -0.4 is 5.32 Å². The summed E-state index contributed by atoms with van der Waals surface area (Å²) in [6.45, 7) is 4.25. The van der Waals surface area contributed by atoms with Gasteiger partial charge in [-0.2, -0.15) is 0 Å². The van der Waals surface area contributed by atoms with Gasteiger partial charge in [-0.3, -0.25) is 9.59 Å². The van der Waals surface area contributed by atoms with Crippen molar-refractivity contribution in [1.29, 1.82) is 0 Å². The number of carbonyl (C=O) groups excluding carboxylic acids is 2. The predicted octanol–water partition coefficient (Wildman–Crippen LogP) is 3.57. The van der Waals surface area contributed by atoms with Crippen molar-refractivity contribution in [2.75, 3.05) is 25.9 Å². The van der Waals surface area contributed by atoms with Crippen LogP contribution in [0.2, 0.25) is 0 Å². The van der Waals surface area contributed by atoms with E-state index in [9.17, 15) is 9.59 Å². The standard InChI is InChI=1S/C19H28N2O2S/c1-3-4-5-12-20-18(22)15-10-13-21(14-11-15)19(23)16-6-8-17(24-2)9-7-16/h6-9,15H,3-5,10-14H2,1-2H3,(H,20,22). The normalized spacial score (nSPS) is 15.3. The molecule has 4 nitrogen and oxygen atoms in total. The summed E-state index contributed by atoms with van der Waals surface area (Å²) in [5.74, 6) is 0.279. The minimum absolute atomic E-state index is 0.0505. The first kappa shape index (κ1) is 18.8. The number of likely N-dealkylation sites (tertiary alicyclic amines) is 1. The highest BCUT2D eigenvalue weighted by molar-refractivity contribution is 7.98. The molecule has 1 saturated heterocycles. The Hall–Kier alpha value is -1.49. The fourth-order valence-corrected chi connectivity index (χ4v) is 3.40. The maximum atomic E-state index is 12.5. The molecule has 1 fully saturated rings. The number of nitrogens with zero attached hydrogens (tertiary/aromatic N) is 1. The fourth-order valence-electron chi connectivity index (χ4n) is 2.99. The van der Waals surface area contributed by atoms with Crippen molar-refractivity contribution in [2.45, 2.75) is 43.9 Å². The second-order valence-electron chi connectivity index (χ2n) is 6.29. The summed E-state index contributed by atoms with van der Waals surface area (Å²) in [7, 11) is 0. The molecule has 1 aliphatic heterocycles. The average Bonchev–Trinajstić information content (AvgIpc) is 2.64. The quantitative estimate of drug-likeness (QED) is 0.605. The lowest BCUT2D eigenvalue weighted by atomic mass is 9.95. The van der Waals surface area contributed by atoms with Gasteiger partial charge in [0.1, 0.15) is 0 Å². The largest absolute Gasteiger partial charge is 0.356 e. The number of hydrogen-bond donors (Lipinski definition) is 1. The Bertz CT molecular complexity index is 537. The van der Waals surface area contributed by atoms with E-state index in [-0.39, 0.29) is 17.7 Å². The van der Waals surface area contributed by atoms with E-state index in [2.05, 4.69) is 12.2 Å². The molecule has 0 unspecified atom stereocenters. The number of thioether (sulfide) groups is 1. The van der Waals surface area contributed by atoms with Crippen molar-refractivity contribution >= 4 is 23.6 Å². The Morgan fingerprint density at radius 3 is 2.42 bits per heavy atom. The predicted molar refractivity (Wildman–Crippen MR) is 99.4 cm³/mol. The molecule has 0 radical (unpaired) electrons. The Kier molecular flexibility index (Phi) is 7.63. The molecule has 1 N–H and O–H groups in total. The van der Waals surface area contributed by atoms with Crippen molar-refractivity contribution in [3.05, 3.63) is 29.8 Å². The zero-order valence-electron chi connectivity index (χ0n) is 14.7. The number of piperidine rings is 1. The molecular formula is C19H28N2O2S. The van der Waals surface area contributed by atoms with E-state index in [1.807, 2.05) is 35.4 Å². The Labute approximate surface area is 149 Å². The van der Waals surface area contributed by atoms with Crippen molar-refractivity contribution < 1.29 is 9.59 Å². The topological polar surface area (TPSA) is 49.4 Å². The van der Waals surface area contributed by atoms with Gasteiger partial charge in [-0.05, 0) is 49.8 Å². The molecule has 1 aliphatic rings. The summed E-state index contributed by atoms with van der Waals surface area (Å²) in [4.78, 5) is 27.7. The van der Waals surface area contributed by atoms with Crippen LogP contribution in [0.5, 0.6) is 0 Å². The molecule has 2 amide bonds. The minimum atomic E-state index is 0.0505. The van der Waals surface area contributed by atoms with E-state index in [1.165, 1.54) is 0 Å². The summed E-state index contributed by atoms with van der Waals surface area (Å²) >= 11 is 1.67. The molecule has 0 bridgehead atoms. The van der Waals surface area contributed by atoms with Gasteiger partial charge in [-0.1, -0.05) is 19.8 Å². The van der Waals surface area contributed by atoms with Crippen molar-refractivity contribution in [1.82, 2.24) is 10.2 Å². The average molecular weight is 349 g/mol. The highest BCUT2D eigenvalue weighted by Crippen LogP contribution is 2.21. The Balaban J connectivity index is 1.78. The lowest BCUT2D eigenvalue weighted by molar-refractivity contribution is -0.126. The fraction of sp³-hybridized carbons (Fsp3) is 0.579. The summed E-state index contributed by atoms with van der Waals surface area (Å²) < 4.78 is 0. The molecule has 0 saturated carbocycles. The van der Waals surface area contributed by atoms with Crippen LogP contribution in [0.4, 0.5) is 0 Å². The third kappa shape index (κ3) is 5.26. The first-order chi connectivity index (χ1) is 11.7. The van der Waals surface area contributed by atoms with Crippen LogP contribution >= 0.6 is 11.8 Å². The van der Waals surface area contributed by atoms with Gasteiger partial charge < -0.3 is 10.2 Å². The number of rotatable bonds is 7. The highest BCUT2D eigenvalue weighted by atomic mass is 32.2. The molecular weight excluding hydrogens is 320 g/mol. The molecule has 2 rings (SSSR count). The van der Waals surface area contributed by atoms with Gasteiger partial charge in [-0.15, -0.1) is 11.8 Å². The van der Waals surface area contributed by atoms with Crippen molar-refractivity contribution in [3.8, 4) is 0 Å². The SMILES string of the molecule is CCCCCNC(=O)C1CCN(C(=O)c2ccc(SC)cc2)CC1. The molecule has 132 valence electrons. The molecule has 5 heteroatoms. The molecule has 0 spiro atoms. The van der Waals surface area contributed by atoms with Crippen LogP contribution in [-0.4, -0.2) is 42.6 Å². The van der Waals surface area contributed by atoms with Gasteiger partial charge >= 0.3 is 0 Å². The van der Waals surface area contributed by atoms with Crippen LogP contribution in [0.3, 0.4) is 0 Å². The highest BCUT2D eigenvalue weighted by Gasteiger charge is 2.27. The van der Waals surface area contributed by atoms with Crippen LogP contribution in [-0.2, 0) is 4.79 Å². The maximum absolute atomic E-state index is 12.5. The zero-order valence-corrected chi connectivity index (χ0v) is 15.5. The maximum Gasteiger partial charge on any atom is 0.253 e. The third-order valence-electron chi connectivity index (χ3n) is 4.57. The third-order valence-corrected chi connectivity index (χ3v) is 5.31. The second-order valence-corrected chi connectivity index (χ2v) is 7.17. The number of nitrogens with one attached hydrogen (secondary N) is 1. The first-order valence-electron chi connectivity index (χ1n) is 8.86. The van der Waals surface area contributed by atoms with Crippen molar-refractivity contribution in [2.24, 2.45) is 5.92 Å². The number of carbonyl (C=O) groups is 2. The van der Waals surface area contributed by atoms with E-state index in [4.69, 9.17) is 0 Å². The summed E-state index contributed by atoms with van der Waals surface area (Å²) in [5, 5.41) is 3.03. The monoisotopic (exact) mass is 348 g/mol. The Morgan fingerprint density at radius 2 is 1.83 bits per heavy atom.